The zero-order chi connectivity index (χ0) is 36.6. The van der Waals surface area contributed by atoms with E-state index in [0.717, 1.165) is 35.1 Å². The summed E-state index contributed by atoms with van der Waals surface area (Å²) in [5.74, 6) is -7.30. The molecule has 0 saturated carbocycles. The van der Waals surface area contributed by atoms with E-state index in [1.807, 2.05) is 0 Å². The first-order valence-electron chi connectivity index (χ1n) is 13.8. The monoisotopic (exact) mass is 770 g/mol. The quantitative estimate of drug-likeness (QED) is 0.0789. The van der Waals surface area contributed by atoms with E-state index in [9.17, 15) is 54.0 Å². The number of nitrogens with zero attached hydrogens (tertiary/aromatic N) is 2. The van der Waals surface area contributed by atoms with Crippen LogP contribution in [0.25, 0.3) is 11.0 Å². The van der Waals surface area contributed by atoms with Crippen molar-refractivity contribution in [3.8, 4) is 17.2 Å². The average molecular weight is 772 g/mol. The van der Waals surface area contributed by atoms with Crippen LogP contribution in [0, 0.1) is 0 Å². The van der Waals surface area contributed by atoms with Crippen LogP contribution in [0.4, 0.5) is 4.79 Å². The number of phenolic OH excluding ortho intramolecular Hbond substituents is 3. The predicted molar refractivity (Wildman–Crippen MR) is 173 cm³/mol. The zero-order valence-corrected chi connectivity index (χ0v) is 27.7. The molecular formula is C29H21Cl3N4O13S. The van der Waals surface area contributed by atoms with Gasteiger partial charge >= 0.3 is 12.1 Å². The Labute approximate surface area is 298 Å². The van der Waals surface area contributed by atoms with E-state index >= 15 is 0 Å². The maximum absolute atomic E-state index is 13.6. The maximum atomic E-state index is 13.6. The molecular weight excluding hydrogens is 751 g/mol. The fourth-order valence-electron chi connectivity index (χ4n) is 4.92. The van der Waals surface area contributed by atoms with Gasteiger partial charge in [-0.05, 0) is 29.8 Å². The molecule has 1 unspecified atom stereocenters. The highest BCUT2D eigenvalue weighted by Gasteiger charge is 2.54. The molecule has 5 rings (SSSR count). The fraction of sp³-hybridized carbons (Fsp3) is 0.207. The molecule has 21 heteroatoms. The standard InChI is InChI=1S/C29H21Cl3N4O13S/c30-22(31)26(44)36(32)29(47)49-7-11-9-50-27-17(25(43)35(27)18(11)28(45)46)34-24(42)16(10-1-3-12(37)4-2-10)33-23(41)14-8-48-21-13(19(14)39)5-6-15(38)20(21)40/h1-6,8,16-17,22,27,37-38,40H,7,9H2,(H,33,41)(H,34,42)(H,45,46)/t16?,17-,27+/m1/s1. The number of halogens is 3. The summed E-state index contributed by atoms with van der Waals surface area (Å²) < 4.78 is 10.1. The van der Waals surface area contributed by atoms with Crippen LogP contribution in [0.2, 0.25) is 0 Å². The van der Waals surface area contributed by atoms with Gasteiger partial charge in [0.2, 0.25) is 17.1 Å². The van der Waals surface area contributed by atoms with Crippen LogP contribution < -0.4 is 16.1 Å². The lowest BCUT2D eigenvalue weighted by Crippen LogP contribution is -2.71. The average Bonchev–Trinajstić information content (AvgIpc) is 3.09. The van der Waals surface area contributed by atoms with Gasteiger partial charge in [-0.1, -0.05) is 35.3 Å². The first-order valence-corrected chi connectivity index (χ1v) is 16.1. The molecule has 50 heavy (non-hydrogen) atoms. The molecule has 17 nitrogen and oxygen atoms in total. The summed E-state index contributed by atoms with van der Waals surface area (Å²) in [6.45, 7) is -0.689. The lowest BCUT2D eigenvalue weighted by Gasteiger charge is -2.49. The molecule has 0 spiro atoms. The Balaban J connectivity index is 1.35. The predicted octanol–water partition coefficient (Wildman–Crippen LogP) is 2.04. The number of alkyl halides is 2. The number of carbonyl (C=O) groups is 6. The van der Waals surface area contributed by atoms with Gasteiger partial charge in [0.15, 0.2) is 16.2 Å². The van der Waals surface area contributed by atoms with Crippen LogP contribution in [-0.2, 0) is 23.9 Å². The van der Waals surface area contributed by atoms with Gasteiger partial charge in [-0.25, -0.2) is 9.59 Å². The van der Waals surface area contributed by atoms with Gasteiger partial charge in [0, 0.05) is 23.1 Å². The Morgan fingerprint density at radius 2 is 1.74 bits per heavy atom. The van der Waals surface area contributed by atoms with E-state index in [0.29, 0.717) is 0 Å². The number of carboxylic acids is 1. The minimum atomic E-state index is -1.68. The third-order valence-electron chi connectivity index (χ3n) is 7.36. The van der Waals surface area contributed by atoms with Crippen molar-refractivity contribution in [1.29, 1.82) is 0 Å². The van der Waals surface area contributed by atoms with Crippen LogP contribution in [0.15, 0.2) is 63.1 Å². The number of carboxylic acid groups (broad SMARTS) is 1. The molecule has 3 heterocycles. The van der Waals surface area contributed by atoms with Crippen molar-refractivity contribution >= 4 is 93.4 Å². The first kappa shape index (κ1) is 36.1. The minimum absolute atomic E-state index is 0.0305. The molecule has 6 N–H and O–H groups in total. The number of aromatic hydroxyl groups is 3. The third-order valence-corrected chi connectivity index (χ3v) is 9.38. The smallest absolute Gasteiger partial charge is 0.432 e. The largest absolute Gasteiger partial charge is 0.508 e. The summed E-state index contributed by atoms with van der Waals surface area (Å²) in [6.07, 6.45) is -0.686. The van der Waals surface area contributed by atoms with Crippen molar-refractivity contribution in [3.05, 3.63) is 75.3 Å². The molecule has 0 aliphatic carbocycles. The molecule has 1 aromatic heterocycles. The Hall–Kier alpha value is -5.17. The first-order chi connectivity index (χ1) is 23.6. The lowest BCUT2D eigenvalue weighted by atomic mass is 10.0. The number of ether oxygens (including phenoxy) is 1. The summed E-state index contributed by atoms with van der Waals surface area (Å²) >= 11 is 17.3. The van der Waals surface area contributed by atoms with Crippen LogP contribution in [0.3, 0.4) is 0 Å². The number of hydrogen-bond donors (Lipinski definition) is 6. The SMILES string of the molecule is O=C(O)C1=C(COC(=O)N(Cl)C(=O)C(Cl)Cl)CS[C@H]2[C@H](NC(=O)C(NC(=O)c3coc4c(O)c(O)ccc4c3=O)c3ccc(O)cc3)C(=O)N12. The highest BCUT2D eigenvalue weighted by Crippen LogP contribution is 2.41. The van der Waals surface area contributed by atoms with Crippen molar-refractivity contribution in [3.63, 3.8) is 0 Å². The van der Waals surface area contributed by atoms with Crippen molar-refractivity contribution in [2.24, 2.45) is 0 Å². The van der Waals surface area contributed by atoms with E-state index in [4.69, 9.17) is 44.1 Å². The molecule has 2 aliphatic rings. The number of carbonyl (C=O) groups excluding carboxylic acids is 5. The molecule has 2 aromatic carbocycles. The number of phenols is 3. The van der Waals surface area contributed by atoms with Crippen molar-refractivity contribution in [2.45, 2.75) is 22.3 Å². The number of β-lactam (4-membered cyclic amide) rings is 1. The summed E-state index contributed by atoms with van der Waals surface area (Å²) in [5, 5.41) is 43.0. The number of nitrogens with one attached hydrogen (secondary N) is 2. The molecule has 3 atom stereocenters. The molecule has 1 saturated heterocycles. The lowest BCUT2D eigenvalue weighted by molar-refractivity contribution is -0.151. The topological polar surface area (TPSA) is 253 Å². The van der Waals surface area contributed by atoms with Crippen molar-refractivity contribution < 1.29 is 58.3 Å². The van der Waals surface area contributed by atoms with Gasteiger partial charge in [0.05, 0.1) is 5.39 Å². The number of rotatable bonds is 9. The van der Waals surface area contributed by atoms with Crippen LogP contribution in [0.5, 0.6) is 17.2 Å². The summed E-state index contributed by atoms with van der Waals surface area (Å²) in [6, 6.07) is 4.28. The minimum Gasteiger partial charge on any atom is -0.508 e. The summed E-state index contributed by atoms with van der Waals surface area (Å²) in [5.41, 5.74) is -2.34. The number of aliphatic carboxylic acids is 1. The van der Waals surface area contributed by atoms with E-state index < -0.39 is 92.8 Å². The van der Waals surface area contributed by atoms with Crippen molar-refractivity contribution in [2.75, 3.05) is 12.4 Å². The second-order valence-corrected chi connectivity index (χ2v) is 13.0. The van der Waals surface area contributed by atoms with Gasteiger partial charge < -0.3 is 40.2 Å². The molecule has 5 amide bonds. The van der Waals surface area contributed by atoms with Gasteiger partial charge in [-0.3, -0.25) is 28.9 Å². The molecule has 0 bridgehead atoms. The van der Waals surface area contributed by atoms with Gasteiger partial charge in [0.1, 0.15) is 47.3 Å². The van der Waals surface area contributed by atoms with Gasteiger partial charge in [0.25, 0.3) is 17.7 Å². The van der Waals surface area contributed by atoms with E-state index in [2.05, 4.69) is 10.6 Å². The Morgan fingerprint density at radius 1 is 1.06 bits per heavy atom. The van der Waals surface area contributed by atoms with E-state index in [-0.39, 0.29) is 38.0 Å². The van der Waals surface area contributed by atoms with Crippen LogP contribution in [0.1, 0.15) is 22.0 Å². The molecule has 0 radical (unpaired) electrons. The molecule has 2 aliphatic heterocycles. The third kappa shape index (κ3) is 6.82. The highest BCUT2D eigenvalue weighted by atomic mass is 35.5. The number of thioether (sulfide) groups is 1. The molecule has 262 valence electrons. The molecule has 1 fully saturated rings. The van der Waals surface area contributed by atoms with Gasteiger partial charge in [-0.2, -0.15) is 4.42 Å². The highest BCUT2D eigenvalue weighted by molar-refractivity contribution is 8.00. The fourth-order valence-corrected chi connectivity index (χ4v) is 6.69. The number of hydrogen-bond acceptors (Lipinski definition) is 13. The Kier molecular flexibility index (Phi) is 10.4. The second kappa shape index (κ2) is 14.4. The number of imide groups is 1. The van der Waals surface area contributed by atoms with E-state index in [1.54, 1.807) is 0 Å². The second-order valence-electron chi connectivity index (χ2n) is 10.4. The normalized spacial score (nSPS) is 17.4. The summed E-state index contributed by atoms with van der Waals surface area (Å²) in [7, 11) is 0. The van der Waals surface area contributed by atoms with Crippen molar-refractivity contribution in [1.82, 2.24) is 20.0 Å². The number of amides is 5. The zero-order valence-electron chi connectivity index (χ0n) is 24.7. The maximum Gasteiger partial charge on any atom is 0.432 e. The summed E-state index contributed by atoms with van der Waals surface area (Å²) in [4.78, 5) is 88.5. The van der Waals surface area contributed by atoms with Gasteiger partial charge in [-0.15, -0.1) is 11.8 Å². The van der Waals surface area contributed by atoms with Crippen LogP contribution >= 0.6 is 46.7 Å². The van der Waals surface area contributed by atoms with Crippen LogP contribution in [-0.4, -0.2) is 94.0 Å². The Morgan fingerprint density at radius 3 is 2.38 bits per heavy atom. The Bertz CT molecular complexity index is 2040. The molecule has 3 aromatic rings. The van der Waals surface area contributed by atoms with E-state index in [1.165, 1.54) is 24.3 Å². The number of benzene rings is 2. The number of fused-ring (bicyclic) bond motifs is 2.